The lowest BCUT2D eigenvalue weighted by molar-refractivity contribution is 0.0725. The summed E-state index contributed by atoms with van der Waals surface area (Å²) in [5.74, 6) is 0.800. The predicted molar refractivity (Wildman–Crippen MR) is 150 cm³/mol. The largest absolute Gasteiger partial charge is 0.467 e. The van der Waals surface area contributed by atoms with E-state index >= 15 is 0 Å². The first-order valence-electron chi connectivity index (χ1n) is 12.7. The van der Waals surface area contributed by atoms with Crippen LogP contribution < -0.4 is 15.5 Å². The Labute approximate surface area is 227 Å². The van der Waals surface area contributed by atoms with Crippen molar-refractivity contribution in [1.29, 1.82) is 0 Å². The normalized spacial score (nSPS) is 13.3. The zero-order valence-electron chi connectivity index (χ0n) is 20.9. The molecule has 2 aromatic carbocycles. The molecule has 196 valence electrons. The van der Waals surface area contributed by atoms with Gasteiger partial charge in [-0.3, -0.25) is 4.79 Å². The lowest BCUT2D eigenvalue weighted by atomic mass is 10.1. The third-order valence-electron chi connectivity index (χ3n) is 6.36. The Morgan fingerprint density at radius 3 is 2.54 bits per heavy atom. The van der Waals surface area contributed by atoms with Crippen LogP contribution in [0.5, 0.6) is 0 Å². The maximum atomic E-state index is 13.7. The van der Waals surface area contributed by atoms with Crippen molar-refractivity contribution in [1.82, 2.24) is 4.90 Å². The van der Waals surface area contributed by atoms with E-state index in [0.717, 1.165) is 63.2 Å². The highest BCUT2D eigenvalue weighted by Gasteiger charge is 2.24. The summed E-state index contributed by atoms with van der Waals surface area (Å²) in [5.41, 5.74) is 2.34. The fourth-order valence-corrected chi connectivity index (χ4v) is 4.88. The first-order valence-corrected chi connectivity index (χ1v) is 13.4. The maximum Gasteiger partial charge on any atom is 0.323 e. The zero-order valence-corrected chi connectivity index (χ0v) is 22.4. The van der Waals surface area contributed by atoms with E-state index in [1.165, 1.54) is 0 Å². The highest BCUT2D eigenvalue weighted by atomic mass is 35.5. The van der Waals surface area contributed by atoms with E-state index in [1.807, 2.05) is 29.2 Å². The number of amides is 3. The van der Waals surface area contributed by atoms with Crippen molar-refractivity contribution in [2.24, 2.45) is 0 Å². The van der Waals surface area contributed by atoms with Gasteiger partial charge in [0.2, 0.25) is 0 Å². The number of furan rings is 1. The SMILES string of the molecule is CCCCN(Cc1ccco1)c1ccc(NC(=O)Nc2ccc(Cl)cc2Cl)cc1C(=O)N1CCCCC1. The molecule has 9 heteroatoms. The van der Waals surface area contributed by atoms with Crippen LogP contribution in [0.1, 0.15) is 55.1 Å². The molecule has 0 unspecified atom stereocenters. The van der Waals surface area contributed by atoms with Crippen molar-refractivity contribution in [3.8, 4) is 0 Å². The molecule has 1 aliphatic rings. The second-order valence-electron chi connectivity index (χ2n) is 9.14. The fraction of sp³-hybridized carbons (Fsp3) is 0.357. The molecule has 1 fully saturated rings. The molecule has 1 aliphatic heterocycles. The van der Waals surface area contributed by atoms with Gasteiger partial charge in [-0.05, 0) is 74.2 Å². The van der Waals surface area contributed by atoms with Crippen molar-refractivity contribution in [2.45, 2.75) is 45.6 Å². The Balaban J connectivity index is 1.62. The minimum atomic E-state index is -0.466. The van der Waals surface area contributed by atoms with Crippen molar-refractivity contribution < 1.29 is 14.0 Å². The molecule has 37 heavy (non-hydrogen) atoms. The average Bonchev–Trinajstić information content (AvgIpc) is 3.41. The van der Waals surface area contributed by atoms with Gasteiger partial charge in [-0.1, -0.05) is 36.5 Å². The van der Waals surface area contributed by atoms with Gasteiger partial charge >= 0.3 is 6.03 Å². The van der Waals surface area contributed by atoms with Gasteiger partial charge in [0.25, 0.3) is 5.91 Å². The standard InChI is InChI=1S/C28H32Cl2N4O3/c1-2-3-13-34(19-22-8-7-16-37-22)26-12-10-21(18-23(26)27(35)33-14-5-4-6-15-33)31-28(36)32-25-11-9-20(29)17-24(25)30/h7-12,16-18H,2-6,13-15,19H2,1H3,(H2,31,32,36). The van der Waals surface area contributed by atoms with Crippen LogP contribution in [0.4, 0.5) is 21.9 Å². The summed E-state index contributed by atoms with van der Waals surface area (Å²) >= 11 is 12.1. The Morgan fingerprint density at radius 1 is 1.03 bits per heavy atom. The molecular formula is C28H32Cl2N4O3. The average molecular weight is 543 g/mol. The summed E-state index contributed by atoms with van der Waals surface area (Å²) < 4.78 is 5.61. The first-order chi connectivity index (χ1) is 17.9. The number of halogens is 2. The molecule has 7 nitrogen and oxygen atoms in total. The number of carbonyl (C=O) groups is 2. The van der Waals surface area contributed by atoms with E-state index in [9.17, 15) is 9.59 Å². The number of carbonyl (C=O) groups excluding carboxylic acids is 2. The van der Waals surface area contributed by atoms with E-state index in [-0.39, 0.29) is 5.91 Å². The van der Waals surface area contributed by atoms with Crippen LogP contribution in [0.2, 0.25) is 10.0 Å². The van der Waals surface area contributed by atoms with Gasteiger partial charge in [0.15, 0.2) is 0 Å². The number of unbranched alkanes of at least 4 members (excludes halogenated alkanes) is 1. The van der Waals surface area contributed by atoms with Crippen molar-refractivity contribution >= 4 is 52.2 Å². The summed E-state index contributed by atoms with van der Waals surface area (Å²) in [6.07, 6.45) is 6.78. The van der Waals surface area contributed by atoms with E-state index in [1.54, 1.807) is 30.5 Å². The molecule has 3 amide bonds. The molecule has 0 radical (unpaired) electrons. The van der Waals surface area contributed by atoms with Gasteiger partial charge in [-0.15, -0.1) is 0 Å². The van der Waals surface area contributed by atoms with Crippen molar-refractivity contribution in [2.75, 3.05) is 35.2 Å². The monoisotopic (exact) mass is 542 g/mol. The predicted octanol–water partition coefficient (Wildman–Crippen LogP) is 7.66. The number of urea groups is 1. The van der Waals surface area contributed by atoms with Crippen LogP contribution in [0.15, 0.2) is 59.2 Å². The summed E-state index contributed by atoms with van der Waals surface area (Å²) in [5, 5.41) is 6.39. The van der Waals surface area contributed by atoms with Crippen molar-refractivity contribution in [3.63, 3.8) is 0 Å². The van der Waals surface area contributed by atoms with Crippen LogP contribution in [0, 0.1) is 0 Å². The van der Waals surface area contributed by atoms with Gasteiger partial charge in [0, 0.05) is 30.3 Å². The van der Waals surface area contributed by atoms with Gasteiger partial charge in [-0.2, -0.15) is 0 Å². The van der Waals surface area contributed by atoms with E-state index in [0.29, 0.717) is 33.5 Å². The van der Waals surface area contributed by atoms with Crippen LogP contribution in [-0.4, -0.2) is 36.5 Å². The van der Waals surface area contributed by atoms with Gasteiger partial charge in [-0.25, -0.2) is 4.79 Å². The highest BCUT2D eigenvalue weighted by molar-refractivity contribution is 6.36. The van der Waals surface area contributed by atoms with Gasteiger partial charge < -0.3 is 24.9 Å². The molecule has 1 aromatic heterocycles. The minimum Gasteiger partial charge on any atom is -0.467 e. The number of nitrogens with one attached hydrogen (secondary N) is 2. The van der Waals surface area contributed by atoms with Gasteiger partial charge in [0.05, 0.1) is 34.8 Å². The fourth-order valence-electron chi connectivity index (χ4n) is 4.43. The highest BCUT2D eigenvalue weighted by Crippen LogP contribution is 2.30. The summed E-state index contributed by atoms with van der Waals surface area (Å²) in [6, 6.07) is 13.7. The molecule has 2 heterocycles. The minimum absolute atomic E-state index is 0.0274. The molecule has 0 saturated carbocycles. The Hall–Kier alpha value is -3.16. The second-order valence-corrected chi connectivity index (χ2v) is 9.99. The zero-order chi connectivity index (χ0) is 26.2. The number of piperidine rings is 1. The van der Waals surface area contributed by atoms with E-state index < -0.39 is 6.03 Å². The summed E-state index contributed by atoms with van der Waals surface area (Å²) in [6.45, 7) is 4.94. The number of benzene rings is 2. The molecule has 3 aromatic rings. The molecule has 2 N–H and O–H groups in total. The lowest BCUT2D eigenvalue weighted by Crippen LogP contribution is -2.37. The Morgan fingerprint density at radius 2 is 1.84 bits per heavy atom. The second kappa shape index (κ2) is 12.9. The third kappa shape index (κ3) is 7.21. The number of hydrogen-bond acceptors (Lipinski definition) is 4. The van der Waals surface area contributed by atoms with E-state index in [4.69, 9.17) is 27.6 Å². The molecule has 4 rings (SSSR count). The molecule has 0 atom stereocenters. The number of anilines is 3. The molecule has 0 spiro atoms. The quantitative estimate of drug-likeness (QED) is 0.290. The van der Waals surface area contributed by atoms with E-state index in [2.05, 4.69) is 22.5 Å². The van der Waals surface area contributed by atoms with Crippen molar-refractivity contribution in [3.05, 3.63) is 76.2 Å². The van der Waals surface area contributed by atoms with Crippen LogP contribution in [0.3, 0.4) is 0 Å². The third-order valence-corrected chi connectivity index (χ3v) is 6.90. The van der Waals surface area contributed by atoms with Gasteiger partial charge in [0.1, 0.15) is 5.76 Å². The maximum absolute atomic E-state index is 13.7. The topological polar surface area (TPSA) is 77.8 Å². The number of nitrogens with zero attached hydrogens (tertiary/aromatic N) is 2. The molecule has 0 aliphatic carbocycles. The Kier molecular flexibility index (Phi) is 9.36. The van der Waals surface area contributed by atoms with Crippen LogP contribution in [0.25, 0.3) is 0 Å². The summed E-state index contributed by atoms with van der Waals surface area (Å²) in [7, 11) is 0. The lowest BCUT2D eigenvalue weighted by Gasteiger charge is -2.31. The number of rotatable bonds is 9. The number of hydrogen-bond donors (Lipinski definition) is 2. The molecular weight excluding hydrogens is 511 g/mol. The summed E-state index contributed by atoms with van der Waals surface area (Å²) in [4.78, 5) is 30.6. The molecule has 0 bridgehead atoms. The smallest absolute Gasteiger partial charge is 0.323 e. The van der Waals surface area contributed by atoms with Crippen LogP contribution in [-0.2, 0) is 6.54 Å². The Bertz CT molecular complexity index is 1210. The van der Waals surface area contributed by atoms with Crippen LogP contribution >= 0.6 is 23.2 Å². The first kappa shape index (κ1) is 26.9. The number of likely N-dealkylation sites (tertiary alicyclic amines) is 1. The molecule has 1 saturated heterocycles.